The fourth-order valence-electron chi connectivity index (χ4n) is 2.02. The summed E-state index contributed by atoms with van der Waals surface area (Å²) in [6, 6.07) is -0.591. The molecule has 1 aliphatic heterocycles. The molecule has 4 heteroatoms. The molecule has 0 aromatic heterocycles. The normalized spacial score (nSPS) is 20.1. The van der Waals surface area contributed by atoms with Crippen LogP contribution in [-0.2, 0) is 9.59 Å². The summed E-state index contributed by atoms with van der Waals surface area (Å²) in [6.07, 6.45) is 6.65. The number of rotatable bonds is 7. The predicted octanol–water partition coefficient (Wildman–Crippen LogP) is 1.81. The number of carboxylic acid groups (broad SMARTS) is 1. The molecular weight excluding hydrogens is 206 g/mol. The van der Waals surface area contributed by atoms with Crippen LogP contribution >= 0.6 is 0 Å². The van der Waals surface area contributed by atoms with Gasteiger partial charge >= 0.3 is 5.97 Å². The van der Waals surface area contributed by atoms with E-state index in [1.54, 1.807) is 0 Å². The van der Waals surface area contributed by atoms with Gasteiger partial charge in [-0.15, -0.1) is 6.58 Å². The average Bonchev–Trinajstić information content (AvgIpc) is 2.60. The maximum atomic E-state index is 11.5. The molecule has 16 heavy (non-hydrogen) atoms. The molecule has 1 N–H and O–H groups in total. The highest BCUT2D eigenvalue weighted by atomic mass is 16.4. The number of carbonyl (C=O) groups excluding carboxylic acids is 1. The van der Waals surface area contributed by atoms with E-state index in [0.717, 1.165) is 25.7 Å². The number of aliphatic carboxylic acids is 1. The lowest BCUT2D eigenvalue weighted by atomic mass is 10.1. The van der Waals surface area contributed by atoms with Crippen LogP contribution in [0, 0.1) is 0 Å². The SMILES string of the molecule is C=CCCCCCN1C(=O)CCC1C(=O)O. The molecule has 0 radical (unpaired) electrons. The number of amides is 1. The van der Waals surface area contributed by atoms with E-state index in [9.17, 15) is 9.59 Å². The minimum Gasteiger partial charge on any atom is -0.480 e. The second kappa shape index (κ2) is 6.30. The highest BCUT2D eigenvalue weighted by Crippen LogP contribution is 2.19. The second-order valence-electron chi connectivity index (χ2n) is 4.12. The lowest BCUT2D eigenvalue weighted by Crippen LogP contribution is -2.39. The van der Waals surface area contributed by atoms with Gasteiger partial charge in [0.1, 0.15) is 6.04 Å². The molecule has 0 aromatic rings. The Hall–Kier alpha value is -1.32. The summed E-state index contributed by atoms with van der Waals surface area (Å²) in [5, 5.41) is 8.94. The number of unbranched alkanes of at least 4 members (excludes halogenated alkanes) is 3. The van der Waals surface area contributed by atoms with Crippen LogP contribution in [-0.4, -0.2) is 34.5 Å². The Balaban J connectivity index is 2.30. The summed E-state index contributed by atoms with van der Waals surface area (Å²) in [7, 11) is 0. The molecule has 0 spiro atoms. The zero-order valence-electron chi connectivity index (χ0n) is 9.52. The van der Waals surface area contributed by atoms with E-state index in [2.05, 4.69) is 6.58 Å². The Morgan fingerprint density at radius 2 is 2.25 bits per heavy atom. The van der Waals surface area contributed by atoms with E-state index in [0.29, 0.717) is 19.4 Å². The molecule has 0 saturated carbocycles. The Kier molecular flexibility index (Phi) is 5.02. The van der Waals surface area contributed by atoms with Gasteiger partial charge in [0.15, 0.2) is 0 Å². The Morgan fingerprint density at radius 3 is 2.88 bits per heavy atom. The number of hydrogen-bond donors (Lipinski definition) is 1. The van der Waals surface area contributed by atoms with Gasteiger partial charge in [-0.2, -0.15) is 0 Å². The third kappa shape index (κ3) is 3.36. The van der Waals surface area contributed by atoms with Gasteiger partial charge in [-0.3, -0.25) is 4.79 Å². The molecule has 1 rings (SSSR count). The third-order valence-electron chi connectivity index (χ3n) is 2.92. The molecule has 4 nitrogen and oxygen atoms in total. The number of carboxylic acids is 1. The van der Waals surface area contributed by atoms with Gasteiger partial charge in [-0.05, 0) is 25.7 Å². The lowest BCUT2D eigenvalue weighted by molar-refractivity contribution is -0.146. The van der Waals surface area contributed by atoms with E-state index in [1.807, 2.05) is 6.08 Å². The van der Waals surface area contributed by atoms with Gasteiger partial charge in [-0.1, -0.05) is 12.5 Å². The van der Waals surface area contributed by atoms with Crippen molar-refractivity contribution in [1.82, 2.24) is 4.90 Å². The summed E-state index contributed by atoms with van der Waals surface area (Å²) < 4.78 is 0. The van der Waals surface area contributed by atoms with Crippen LogP contribution < -0.4 is 0 Å². The fraction of sp³-hybridized carbons (Fsp3) is 0.667. The number of nitrogens with zero attached hydrogens (tertiary/aromatic N) is 1. The largest absolute Gasteiger partial charge is 0.480 e. The molecule has 0 aliphatic carbocycles. The van der Waals surface area contributed by atoms with Crippen molar-refractivity contribution in [3.8, 4) is 0 Å². The van der Waals surface area contributed by atoms with Crippen LogP contribution in [0.15, 0.2) is 12.7 Å². The van der Waals surface area contributed by atoms with Gasteiger partial charge in [0.2, 0.25) is 5.91 Å². The summed E-state index contributed by atoms with van der Waals surface area (Å²) in [6.45, 7) is 4.22. The van der Waals surface area contributed by atoms with Crippen LogP contribution in [0.25, 0.3) is 0 Å². The maximum Gasteiger partial charge on any atom is 0.326 e. The number of carbonyl (C=O) groups is 2. The van der Waals surface area contributed by atoms with E-state index in [-0.39, 0.29) is 5.91 Å². The van der Waals surface area contributed by atoms with Gasteiger partial charge < -0.3 is 10.0 Å². The minimum absolute atomic E-state index is 0.0175. The van der Waals surface area contributed by atoms with Crippen molar-refractivity contribution >= 4 is 11.9 Å². The summed E-state index contributed by atoms with van der Waals surface area (Å²) in [5.74, 6) is -0.895. The first-order chi connectivity index (χ1) is 7.66. The Labute approximate surface area is 95.9 Å². The van der Waals surface area contributed by atoms with Crippen molar-refractivity contribution < 1.29 is 14.7 Å². The highest BCUT2D eigenvalue weighted by molar-refractivity contribution is 5.87. The van der Waals surface area contributed by atoms with E-state index < -0.39 is 12.0 Å². The monoisotopic (exact) mass is 225 g/mol. The van der Waals surface area contributed by atoms with E-state index >= 15 is 0 Å². The molecule has 0 bridgehead atoms. The zero-order valence-corrected chi connectivity index (χ0v) is 9.52. The zero-order chi connectivity index (χ0) is 12.0. The molecule has 90 valence electrons. The average molecular weight is 225 g/mol. The summed E-state index contributed by atoms with van der Waals surface area (Å²) >= 11 is 0. The maximum absolute atomic E-state index is 11.5. The minimum atomic E-state index is -0.878. The third-order valence-corrected chi connectivity index (χ3v) is 2.92. The van der Waals surface area contributed by atoms with Crippen molar-refractivity contribution in [2.75, 3.05) is 6.54 Å². The number of allylic oxidation sites excluding steroid dienone is 1. The van der Waals surface area contributed by atoms with Gasteiger partial charge in [0, 0.05) is 13.0 Å². The smallest absolute Gasteiger partial charge is 0.326 e. The first kappa shape index (κ1) is 12.7. The van der Waals surface area contributed by atoms with E-state index in [1.165, 1.54) is 4.90 Å². The van der Waals surface area contributed by atoms with Crippen LogP contribution in [0.4, 0.5) is 0 Å². The van der Waals surface area contributed by atoms with Gasteiger partial charge in [0.05, 0.1) is 0 Å². The van der Waals surface area contributed by atoms with Gasteiger partial charge in [-0.25, -0.2) is 4.79 Å². The van der Waals surface area contributed by atoms with Crippen LogP contribution in [0.2, 0.25) is 0 Å². The summed E-state index contributed by atoms with van der Waals surface area (Å²) in [4.78, 5) is 23.9. The second-order valence-corrected chi connectivity index (χ2v) is 4.12. The molecule has 1 aliphatic rings. The molecule has 1 amide bonds. The molecule has 1 atom stereocenters. The summed E-state index contributed by atoms with van der Waals surface area (Å²) in [5.41, 5.74) is 0. The first-order valence-corrected chi connectivity index (χ1v) is 5.80. The molecular formula is C12H19NO3. The van der Waals surface area contributed by atoms with Crippen molar-refractivity contribution in [2.45, 2.75) is 44.6 Å². The van der Waals surface area contributed by atoms with E-state index in [4.69, 9.17) is 5.11 Å². The molecule has 1 unspecified atom stereocenters. The predicted molar refractivity (Wildman–Crippen MR) is 61.0 cm³/mol. The standard InChI is InChI=1S/C12H19NO3/c1-2-3-4-5-6-9-13-10(12(15)16)7-8-11(13)14/h2,10H,1,3-9H2,(H,15,16). The lowest BCUT2D eigenvalue weighted by Gasteiger charge is -2.21. The van der Waals surface area contributed by atoms with Crippen molar-refractivity contribution in [2.24, 2.45) is 0 Å². The molecule has 1 fully saturated rings. The quantitative estimate of drug-likeness (QED) is 0.531. The molecule has 1 saturated heterocycles. The van der Waals surface area contributed by atoms with Gasteiger partial charge in [0.25, 0.3) is 0 Å². The molecule has 1 heterocycles. The highest BCUT2D eigenvalue weighted by Gasteiger charge is 2.35. The van der Waals surface area contributed by atoms with Crippen LogP contribution in [0.5, 0.6) is 0 Å². The fourth-order valence-corrected chi connectivity index (χ4v) is 2.02. The number of hydrogen-bond acceptors (Lipinski definition) is 2. The first-order valence-electron chi connectivity index (χ1n) is 5.80. The van der Waals surface area contributed by atoms with Crippen molar-refractivity contribution in [1.29, 1.82) is 0 Å². The van der Waals surface area contributed by atoms with Crippen LogP contribution in [0.1, 0.15) is 38.5 Å². The van der Waals surface area contributed by atoms with Crippen molar-refractivity contribution in [3.63, 3.8) is 0 Å². The molecule has 0 aromatic carbocycles. The Bertz CT molecular complexity index is 275. The number of likely N-dealkylation sites (tertiary alicyclic amines) is 1. The topological polar surface area (TPSA) is 57.6 Å². The Morgan fingerprint density at radius 1 is 1.50 bits per heavy atom. The van der Waals surface area contributed by atoms with Crippen LogP contribution in [0.3, 0.4) is 0 Å². The van der Waals surface area contributed by atoms with Crippen molar-refractivity contribution in [3.05, 3.63) is 12.7 Å².